The van der Waals surface area contributed by atoms with E-state index in [0.29, 0.717) is 29.2 Å². The fourth-order valence-corrected chi connectivity index (χ4v) is 3.45. The van der Waals surface area contributed by atoms with Crippen LogP contribution < -0.4 is 15.6 Å². The van der Waals surface area contributed by atoms with Gasteiger partial charge < -0.3 is 4.74 Å². The molecule has 1 aliphatic heterocycles. The zero-order chi connectivity index (χ0) is 19.5. The summed E-state index contributed by atoms with van der Waals surface area (Å²) in [6.45, 7) is 0.618. The minimum atomic E-state index is -0.386. The minimum absolute atomic E-state index is 0.148. The molecule has 28 heavy (non-hydrogen) atoms. The molecule has 0 atom stereocenters. The molecule has 0 unspecified atom stereocenters. The first-order valence-electron chi connectivity index (χ1n) is 8.53. The maximum absolute atomic E-state index is 12.4. The lowest BCUT2D eigenvalue weighted by atomic mass is 10.2. The van der Waals surface area contributed by atoms with Gasteiger partial charge in [0, 0.05) is 5.39 Å². The Kier molecular flexibility index (Phi) is 4.94. The first-order chi connectivity index (χ1) is 13.6. The third-order valence-corrected chi connectivity index (χ3v) is 4.96. The van der Waals surface area contributed by atoms with Crippen LogP contribution in [0.15, 0.2) is 64.4 Å². The number of rotatable bonds is 5. The van der Waals surface area contributed by atoms with E-state index >= 15 is 0 Å². The van der Waals surface area contributed by atoms with Crippen molar-refractivity contribution in [2.24, 2.45) is 0 Å². The molecule has 140 valence electrons. The van der Waals surface area contributed by atoms with Crippen LogP contribution in [0.25, 0.3) is 16.8 Å². The Hall–Kier alpha value is -3.39. The lowest BCUT2D eigenvalue weighted by Gasteiger charge is -2.08. The second kappa shape index (κ2) is 7.69. The largest absolute Gasteiger partial charge is 0.492 e. The van der Waals surface area contributed by atoms with Crippen molar-refractivity contribution in [2.75, 3.05) is 6.61 Å². The average molecular weight is 393 g/mol. The fraction of sp³-hybridized carbons (Fsp3) is 0.100. The standard InChI is InChI=1S/C20H15N3O4S/c24-18-17(28-20(26)22-18)11-13-5-7-15(8-6-13)27-10-9-23-19(25)16-4-2-1-3-14(16)12-21-23/h1-8,11-12H,9-10H2,(H,22,24,26). The maximum atomic E-state index is 12.4. The van der Waals surface area contributed by atoms with E-state index in [4.69, 9.17) is 4.74 Å². The van der Waals surface area contributed by atoms with Gasteiger partial charge >= 0.3 is 0 Å². The smallest absolute Gasteiger partial charge is 0.290 e. The van der Waals surface area contributed by atoms with Crippen LogP contribution in [0.5, 0.6) is 5.75 Å². The molecule has 8 heteroatoms. The monoisotopic (exact) mass is 393 g/mol. The van der Waals surface area contributed by atoms with Crippen LogP contribution in [0.3, 0.4) is 0 Å². The van der Waals surface area contributed by atoms with Crippen LogP contribution in [-0.2, 0) is 11.3 Å². The number of imide groups is 1. The Morgan fingerprint density at radius 2 is 1.86 bits per heavy atom. The molecule has 2 heterocycles. The van der Waals surface area contributed by atoms with E-state index in [1.807, 2.05) is 18.2 Å². The first-order valence-corrected chi connectivity index (χ1v) is 9.34. The summed E-state index contributed by atoms with van der Waals surface area (Å²) in [5, 5.41) is 7.46. The van der Waals surface area contributed by atoms with Crippen molar-refractivity contribution in [3.05, 3.63) is 75.6 Å². The molecule has 1 saturated heterocycles. The van der Waals surface area contributed by atoms with Crippen molar-refractivity contribution >= 4 is 39.8 Å². The lowest BCUT2D eigenvalue weighted by molar-refractivity contribution is -0.115. The molecule has 1 N–H and O–H groups in total. The van der Waals surface area contributed by atoms with Gasteiger partial charge in [0.2, 0.25) is 0 Å². The Morgan fingerprint density at radius 3 is 2.61 bits per heavy atom. The summed E-state index contributed by atoms with van der Waals surface area (Å²) in [5.41, 5.74) is 0.637. The van der Waals surface area contributed by atoms with Crippen molar-refractivity contribution in [3.63, 3.8) is 0 Å². The van der Waals surface area contributed by atoms with Gasteiger partial charge in [-0.1, -0.05) is 30.3 Å². The van der Waals surface area contributed by atoms with Crippen LogP contribution in [0.4, 0.5) is 4.79 Å². The second-order valence-corrected chi connectivity index (χ2v) is 7.04. The number of hydrogen-bond acceptors (Lipinski definition) is 6. The molecule has 1 aromatic heterocycles. The van der Waals surface area contributed by atoms with Crippen LogP contribution in [-0.4, -0.2) is 27.5 Å². The van der Waals surface area contributed by atoms with E-state index in [9.17, 15) is 14.4 Å². The molecule has 0 bridgehead atoms. The van der Waals surface area contributed by atoms with Crippen molar-refractivity contribution in [1.82, 2.24) is 15.1 Å². The van der Waals surface area contributed by atoms with E-state index in [1.165, 1.54) is 4.68 Å². The summed E-state index contributed by atoms with van der Waals surface area (Å²) in [6, 6.07) is 14.4. The Labute approximate surface area is 164 Å². The highest BCUT2D eigenvalue weighted by atomic mass is 32.2. The van der Waals surface area contributed by atoms with E-state index in [0.717, 1.165) is 22.7 Å². The molecule has 0 spiro atoms. The normalized spacial score (nSPS) is 15.2. The summed E-state index contributed by atoms with van der Waals surface area (Å²) in [5.74, 6) is 0.249. The summed E-state index contributed by atoms with van der Waals surface area (Å²) in [7, 11) is 0. The van der Waals surface area contributed by atoms with Gasteiger partial charge in [-0.3, -0.25) is 19.7 Å². The zero-order valence-corrected chi connectivity index (χ0v) is 15.4. The molecule has 2 aromatic carbocycles. The van der Waals surface area contributed by atoms with Crippen LogP contribution >= 0.6 is 11.8 Å². The van der Waals surface area contributed by atoms with Crippen LogP contribution in [0.2, 0.25) is 0 Å². The molecular formula is C20H15N3O4S. The summed E-state index contributed by atoms with van der Waals surface area (Å²) < 4.78 is 7.06. The molecule has 0 aliphatic carbocycles. The topological polar surface area (TPSA) is 90.3 Å². The van der Waals surface area contributed by atoms with Gasteiger partial charge in [0.25, 0.3) is 16.7 Å². The van der Waals surface area contributed by atoms with Gasteiger partial charge in [0.15, 0.2) is 0 Å². The number of fused-ring (bicyclic) bond motifs is 1. The summed E-state index contributed by atoms with van der Waals surface area (Å²) in [6.07, 6.45) is 3.31. The van der Waals surface area contributed by atoms with E-state index in [1.54, 1.807) is 42.6 Å². The molecular weight excluding hydrogens is 378 g/mol. The second-order valence-electron chi connectivity index (χ2n) is 6.03. The fourth-order valence-electron chi connectivity index (χ4n) is 2.77. The van der Waals surface area contributed by atoms with Crippen molar-refractivity contribution in [3.8, 4) is 5.75 Å². The number of amides is 2. The zero-order valence-electron chi connectivity index (χ0n) is 14.6. The third-order valence-electron chi connectivity index (χ3n) is 4.15. The summed E-state index contributed by atoms with van der Waals surface area (Å²) >= 11 is 0.877. The van der Waals surface area contributed by atoms with Crippen molar-refractivity contribution < 1.29 is 14.3 Å². The van der Waals surface area contributed by atoms with Gasteiger partial charge in [-0.15, -0.1) is 0 Å². The average Bonchev–Trinajstić information content (AvgIpc) is 3.02. The molecule has 0 radical (unpaired) electrons. The maximum Gasteiger partial charge on any atom is 0.290 e. The number of nitrogens with one attached hydrogen (secondary N) is 1. The number of thioether (sulfide) groups is 1. The predicted molar refractivity (Wildman–Crippen MR) is 107 cm³/mol. The number of nitrogens with zero attached hydrogens (tertiary/aromatic N) is 2. The highest BCUT2D eigenvalue weighted by Gasteiger charge is 2.24. The number of hydrogen-bond donors (Lipinski definition) is 1. The third kappa shape index (κ3) is 3.81. The predicted octanol–water partition coefficient (Wildman–Crippen LogP) is 2.80. The van der Waals surface area contributed by atoms with Crippen LogP contribution in [0, 0.1) is 0 Å². The Bertz CT molecular complexity index is 1150. The Morgan fingerprint density at radius 1 is 1.07 bits per heavy atom. The SMILES string of the molecule is O=C1NC(=O)C(=Cc2ccc(OCCn3ncc4ccccc4c3=O)cc2)S1. The number of ether oxygens (including phenoxy) is 1. The van der Waals surface area contributed by atoms with E-state index in [-0.39, 0.29) is 16.7 Å². The molecule has 4 rings (SSSR count). The van der Waals surface area contributed by atoms with Crippen molar-refractivity contribution in [1.29, 1.82) is 0 Å². The van der Waals surface area contributed by atoms with E-state index < -0.39 is 0 Å². The first kappa shape index (κ1) is 18.0. The summed E-state index contributed by atoms with van der Waals surface area (Å²) in [4.78, 5) is 35.5. The van der Waals surface area contributed by atoms with Gasteiger partial charge in [-0.2, -0.15) is 5.10 Å². The molecule has 2 amide bonds. The molecule has 1 aliphatic rings. The molecule has 3 aromatic rings. The molecule has 1 fully saturated rings. The minimum Gasteiger partial charge on any atom is -0.492 e. The highest BCUT2D eigenvalue weighted by molar-refractivity contribution is 8.18. The van der Waals surface area contributed by atoms with Crippen molar-refractivity contribution in [2.45, 2.75) is 6.54 Å². The van der Waals surface area contributed by atoms with Crippen LogP contribution in [0.1, 0.15) is 5.56 Å². The van der Waals surface area contributed by atoms with E-state index in [2.05, 4.69) is 10.4 Å². The van der Waals surface area contributed by atoms with Gasteiger partial charge in [-0.05, 0) is 41.6 Å². The van der Waals surface area contributed by atoms with Gasteiger partial charge in [-0.25, -0.2) is 4.68 Å². The number of carbonyl (C=O) groups is 2. The Balaban J connectivity index is 1.39. The van der Waals surface area contributed by atoms with Gasteiger partial charge in [0.05, 0.1) is 23.0 Å². The van der Waals surface area contributed by atoms with Gasteiger partial charge in [0.1, 0.15) is 12.4 Å². The molecule has 0 saturated carbocycles. The number of aromatic nitrogens is 2. The lowest BCUT2D eigenvalue weighted by Crippen LogP contribution is -2.25. The quantitative estimate of drug-likeness (QED) is 0.671. The molecule has 7 nitrogen and oxygen atoms in total. The number of benzene rings is 2. The highest BCUT2D eigenvalue weighted by Crippen LogP contribution is 2.26. The number of carbonyl (C=O) groups excluding carboxylic acids is 2.